The fourth-order valence-electron chi connectivity index (χ4n) is 1.86. The first-order chi connectivity index (χ1) is 7.63. The lowest BCUT2D eigenvalue weighted by molar-refractivity contribution is -0.143. The van der Waals surface area contributed by atoms with E-state index in [2.05, 4.69) is 0 Å². The van der Waals surface area contributed by atoms with E-state index in [4.69, 9.17) is 16.3 Å². The third-order valence-electron chi connectivity index (χ3n) is 2.85. The van der Waals surface area contributed by atoms with E-state index < -0.39 is 5.82 Å². The molecule has 1 fully saturated rings. The Labute approximate surface area is 98.4 Å². The van der Waals surface area contributed by atoms with Gasteiger partial charge < -0.3 is 4.74 Å². The summed E-state index contributed by atoms with van der Waals surface area (Å²) in [4.78, 5) is 11.6. The molecule has 4 heteroatoms. The average molecular weight is 243 g/mol. The third-order valence-corrected chi connectivity index (χ3v) is 3.14. The summed E-state index contributed by atoms with van der Waals surface area (Å²) in [5.74, 6) is -0.730. The van der Waals surface area contributed by atoms with Crippen LogP contribution in [0.5, 0.6) is 0 Å². The zero-order valence-electron chi connectivity index (χ0n) is 8.87. The zero-order valence-corrected chi connectivity index (χ0v) is 9.63. The zero-order chi connectivity index (χ0) is 11.7. The van der Waals surface area contributed by atoms with Crippen LogP contribution in [0.25, 0.3) is 0 Å². The summed E-state index contributed by atoms with van der Waals surface area (Å²) in [6, 6.07) is 4.40. The van der Waals surface area contributed by atoms with Crippen LogP contribution in [0.1, 0.15) is 24.3 Å². The van der Waals surface area contributed by atoms with Crippen molar-refractivity contribution in [2.45, 2.75) is 18.8 Å². The summed E-state index contributed by atoms with van der Waals surface area (Å²) in [6.45, 7) is 0. The summed E-state index contributed by atoms with van der Waals surface area (Å²) in [5, 5.41) is 0.0482. The van der Waals surface area contributed by atoms with E-state index in [-0.39, 0.29) is 16.9 Å². The summed E-state index contributed by atoms with van der Waals surface area (Å²) in [6.07, 6.45) is 2.02. The van der Waals surface area contributed by atoms with Crippen molar-refractivity contribution in [1.29, 1.82) is 0 Å². The van der Waals surface area contributed by atoms with Crippen LogP contribution in [0.15, 0.2) is 18.2 Å². The number of carbonyl (C=O) groups is 1. The maximum absolute atomic E-state index is 13.0. The predicted molar refractivity (Wildman–Crippen MR) is 58.9 cm³/mol. The molecule has 0 saturated heterocycles. The van der Waals surface area contributed by atoms with Gasteiger partial charge in [0.05, 0.1) is 18.1 Å². The maximum Gasteiger partial charge on any atom is 0.313 e. The maximum atomic E-state index is 13.0. The van der Waals surface area contributed by atoms with Gasteiger partial charge in [0.1, 0.15) is 5.82 Å². The second-order valence-electron chi connectivity index (χ2n) is 4.01. The van der Waals surface area contributed by atoms with E-state index in [1.54, 1.807) is 6.07 Å². The molecular formula is C12H12ClFO2. The van der Waals surface area contributed by atoms with Crippen molar-refractivity contribution in [3.8, 4) is 0 Å². The Hall–Kier alpha value is -1.09. The highest BCUT2D eigenvalue weighted by Crippen LogP contribution is 2.43. The van der Waals surface area contributed by atoms with Crippen molar-refractivity contribution in [3.05, 3.63) is 34.6 Å². The van der Waals surface area contributed by atoms with Crippen LogP contribution in [0.2, 0.25) is 5.02 Å². The van der Waals surface area contributed by atoms with Crippen LogP contribution >= 0.6 is 11.6 Å². The number of esters is 1. The van der Waals surface area contributed by atoms with Crippen LogP contribution in [-0.2, 0) is 9.53 Å². The Balaban J connectivity index is 2.31. The average Bonchev–Trinajstić information content (AvgIpc) is 3.07. The molecule has 86 valence electrons. The summed E-state index contributed by atoms with van der Waals surface area (Å²) < 4.78 is 17.8. The molecule has 1 aliphatic carbocycles. The fraction of sp³-hybridized carbons (Fsp3) is 0.417. The van der Waals surface area contributed by atoms with Gasteiger partial charge in [-0.2, -0.15) is 0 Å². The van der Waals surface area contributed by atoms with Gasteiger partial charge in [-0.3, -0.25) is 4.79 Å². The number of benzene rings is 1. The molecule has 1 aromatic carbocycles. The van der Waals surface area contributed by atoms with Gasteiger partial charge in [0.15, 0.2) is 0 Å². The fourth-order valence-corrected chi connectivity index (χ4v) is 2.05. The molecule has 0 N–H and O–H groups in total. The molecule has 1 aromatic rings. The molecule has 16 heavy (non-hydrogen) atoms. The summed E-state index contributed by atoms with van der Waals surface area (Å²) >= 11 is 5.70. The number of halogens is 2. The molecule has 1 aliphatic rings. The summed E-state index contributed by atoms with van der Waals surface area (Å²) in [5.41, 5.74) is 0.737. The van der Waals surface area contributed by atoms with Crippen molar-refractivity contribution in [3.63, 3.8) is 0 Å². The Morgan fingerprint density at radius 2 is 2.25 bits per heavy atom. The van der Waals surface area contributed by atoms with Crippen molar-refractivity contribution in [1.82, 2.24) is 0 Å². The van der Waals surface area contributed by atoms with Crippen molar-refractivity contribution < 1.29 is 13.9 Å². The molecule has 0 aliphatic heterocycles. The van der Waals surface area contributed by atoms with E-state index in [0.29, 0.717) is 5.92 Å². The largest absolute Gasteiger partial charge is 0.469 e. The Morgan fingerprint density at radius 1 is 1.56 bits per heavy atom. The molecule has 0 heterocycles. The minimum atomic E-state index is -0.468. The van der Waals surface area contributed by atoms with E-state index in [9.17, 15) is 9.18 Å². The lowest BCUT2D eigenvalue weighted by atomic mass is 9.94. The molecule has 0 radical (unpaired) electrons. The van der Waals surface area contributed by atoms with Gasteiger partial charge in [0.25, 0.3) is 0 Å². The molecule has 1 unspecified atom stereocenters. The van der Waals surface area contributed by atoms with E-state index in [1.165, 1.54) is 19.2 Å². The lowest BCUT2D eigenvalue weighted by Crippen LogP contribution is -2.16. The first-order valence-electron chi connectivity index (χ1n) is 5.16. The summed E-state index contributed by atoms with van der Waals surface area (Å²) in [7, 11) is 1.36. The lowest BCUT2D eigenvalue weighted by Gasteiger charge is -2.14. The van der Waals surface area contributed by atoms with Gasteiger partial charge >= 0.3 is 5.97 Å². The highest BCUT2D eigenvalue weighted by atomic mass is 35.5. The highest BCUT2D eigenvalue weighted by molar-refractivity contribution is 6.30. The third kappa shape index (κ3) is 2.19. The second-order valence-corrected chi connectivity index (χ2v) is 4.42. The monoisotopic (exact) mass is 242 g/mol. The van der Waals surface area contributed by atoms with Crippen LogP contribution in [0, 0.1) is 11.7 Å². The van der Waals surface area contributed by atoms with Crippen molar-refractivity contribution in [2.24, 2.45) is 5.92 Å². The van der Waals surface area contributed by atoms with E-state index in [1.807, 2.05) is 0 Å². The molecule has 0 bridgehead atoms. The van der Waals surface area contributed by atoms with Gasteiger partial charge in [-0.1, -0.05) is 17.7 Å². The minimum absolute atomic E-state index is 0.0482. The quantitative estimate of drug-likeness (QED) is 0.761. The molecular weight excluding hydrogens is 231 g/mol. The van der Waals surface area contributed by atoms with Crippen LogP contribution in [0.3, 0.4) is 0 Å². The Kier molecular flexibility index (Phi) is 3.15. The molecule has 1 atom stereocenters. The number of ether oxygens (including phenoxy) is 1. The Bertz CT molecular complexity index is 415. The van der Waals surface area contributed by atoms with Crippen LogP contribution in [-0.4, -0.2) is 13.1 Å². The first kappa shape index (κ1) is 11.4. The number of rotatable bonds is 3. The molecule has 2 nitrogen and oxygen atoms in total. The highest BCUT2D eigenvalue weighted by Gasteiger charge is 2.38. The topological polar surface area (TPSA) is 26.3 Å². The van der Waals surface area contributed by atoms with Crippen molar-refractivity contribution >= 4 is 17.6 Å². The molecule has 0 spiro atoms. The minimum Gasteiger partial charge on any atom is -0.469 e. The number of methoxy groups -OCH3 is 1. The van der Waals surface area contributed by atoms with Gasteiger partial charge in [0.2, 0.25) is 0 Å². The van der Waals surface area contributed by atoms with Gasteiger partial charge in [-0.25, -0.2) is 4.39 Å². The van der Waals surface area contributed by atoms with Crippen LogP contribution < -0.4 is 0 Å². The molecule has 0 amide bonds. The van der Waals surface area contributed by atoms with E-state index >= 15 is 0 Å². The van der Waals surface area contributed by atoms with Crippen molar-refractivity contribution in [2.75, 3.05) is 7.11 Å². The Morgan fingerprint density at radius 3 is 2.75 bits per heavy atom. The molecule has 0 aromatic heterocycles. The van der Waals surface area contributed by atoms with E-state index in [0.717, 1.165) is 18.4 Å². The number of hydrogen-bond acceptors (Lipinski definition) is 2. The predicted octanol–water partition coefficient (Wildman–Crippen LogP) is 3.15. The standard InChI is InChI=1S/C12H12ClFO2/c1-16-12(15)11(7-2-3-7)8-4-5-10(14)9(13)6-8/h4-7,11H,2-3H2,1H3. The number of carbonyl (C=O) groups excluding carboxylic acids is 1. The normalized spacial score (nSPS) is 16.9. The van der Waals surface area contributed by atoms with Gasteiger partial charge in [0, 0.05) is 0 Å². The molecule has 2 rings (SSSR count). The smallest absolute Gasteiger partial charge is 0.313 e. The number of hydrogen-bond donors (Lipinski definition) is 0. The van der Waals surface area contributed by atoms with Gasteiger partial charge in [-0.05, 0) is 36.5 Å². The van der Waals surface area contributed by atoms with Crippen LogP contribution in [0.4, 0.5) is 4.39 Å². The SMILES string of the molecule is COC(=O)C(c1ccc(F)c(Cl)c1)C1CC1. The first-order valence-corrected chi connectivity index (χ1v) is 5.54. The second kappa shape index (κ2) is 4.42. The molecule has 1 saturated carbocycles. The van der Waals surface area contributed by atoms with Gasteiger partial charge in [-0.15, -0.1) is 0 Å².